The van der Waals surface area contributed by atoms with Crippen LogP contribution in [0.15, 0.2) is 121 Å². The predicted molar refractivity (Wildman–Crippen MR) is 226 cm³/mol. The van der Waals surface area contributed by atoms with Gasteiger partial charge in [0.25, 0.3) is 6.71 Å². The second kappa shape index (κ2) is 9.70. The molecule has 3 aliphatic heterocycles. The SMILES string of the molecule is Cc1ccc2c(c1)c1cc(C)cc3c1n2-c1cc(N2c4ccccc4C(C)(C)c4ccccc42)cc2c1B3c1cc(C)cc3c4cc(C)ccc4n-2c13. The van der Waals surface area contributed by atoms with Gasteiger partial charge in [-0.05, 0) is 116 Å². The van der Waals surface area contributed by atoms with Crippen molar-refractivity contribution in [3.05, 3.63) is 155 Å². The van der Waals surface area contributed by atoms with E-state index in [0.29, 0.717) is 0 Å². The van der Waals surface area contributed by atoms with E-state index in [9.17, 15) is 0 Å². The average Bonchev–Trinajstić information content (AvgIpc) is 3.64. The number of rotatable bonds is 1. The molecule has 0 fully saturated rings. The van der Waals surface area contributed by atoms with Crippen LogP contribution in [0.5, 0.6) is 0 Å². The third-order valence-electron chi connectivity index (χ3n) is 12.8. The van der Waals surface area contributed by atoms with Gasteiger partial charge in [-0.1, -0.05) is 96.8 Å². The first kappa shape index (κ1) is 29.6. The maximum atomic E-state index is 2.61. The molecule has 9 aromatic rings. The second-order valence-corrected chi connectivity index (χ2v) is 16.5. The highest BCUT2D eigenvalue weighted by Gasteiger charge is 2.43. The topological polar surface area (TPSA) is 13.1 Å². The maximum Gasteiger partial charge on any atom is 0.252 e. The van der Waals surface area contributed by atoms with Gasteiger partial charge in [0.1, 0.15) is 0 Å². The van der Waals surface area contributed by atoms with Gasteiger partial charge in [0, 0.05) is 49.4 Å². The molecule has 0 N–H and O–H groups in total. The fourth-order valence-electron chi connectivity index (χ4n) is 10.7. The quantitative estimate of drug-likeness (QED) is 0.158. The van der Waals surface area contributed by atoms with E-state index < -0.39 is 0 Å². The van der Waals surface area contributed by atoms with Crippen LogP contribution in [-0.4, -0.2) is 15.8 Å². The Bertz CT molecular complexity index is 2950. The molecular weight excluding hydrogens is 641 g/mol. The van der Waals surface area contributed by atoms with Crippen molar-refractivity contribution in [3.63, 3.8) is 0 Å². The number of nitrogens with zero attached hydrogens (tertiary/aromatic N) is 3. The van der Waals surface area contributed by atoms with E-state index in [2.05, 4.69) is 177 Å². The molecule has 0 bridgehead atoms. The summed E-state index contributed by atoms with van der Waals surface area (Å²) in [5.41, 5.74) is 23.4. The molecule has 2 aromatic heterocycles. The zero-order valence-electron chi connectivity index (χ0n) is 31.0. The Morgan fingerprint density at radius 3 is 1.40 bits per heavy atom. The van der Waals surface area contributed by atoms with Gasteiger partial charge in [0.05, 0.1) is 28.1 Å². The first-order chi connectivity index (χ1) is 25.7. The number of aromatic nitrogens is 2. The Balaban J connectivity index is 1.30. The molecule has 0 atom stereocenters. The minimum Gasteiger partial charge on any atom is -0.310 e. The van der Waals surface area contributed by atoms with Crippen LogP contribution in [-0.2, 0) is 5.41 Å². The lowest BCUT2D eigenvalue weighted by Gasteiger charge is -2.43. The Kier molecular flexibility index (Phi) is 5.41. The van der Waals surface area contributed by atoms with Crippen molar-refractivity contribution in [3.8, 4) is 11.4 Å². The van der Waals surface area contributed by atoms with E-state index in [1.807, 2.05) is 0 Å². The number of hydrogen-bond donors (Lipinski definition) is 0. The molecule has 0 radical (unpaired) electrons. The minimum absolute atomic E-state index is 0.106. The highest BCUT2D eigenvalue weighted by Crippen LogP contribution is 2.52. The summed E-state index contributed by atoms with van der Waals surface area (Å²) in [7, 11) is 0. The summed E-state index contributed by atoms with van der Waals surface area (Å²) in [5.74, 6) is 0. The molecule has 0 saturated carbocycles. The Morgan fingerprint density at radius 1 is 0.453 bits per heavy atom. The Labute approximate surface area is 309 Å². The molecule has 53 heavy (non-hydrogen) atoms. The number of anilines is 3. The first-order valence-corrected chi connectivity index (χ1v) is 19.0. The van der Waals surface area contributed by atoms with E-state index >= 15 is 0 Å². The van der Waals surface area contributed by atoms with Crippen molar-refractivity contribution in [2.75, 3.05) is 4.90 Å². The molecular formula is C49H38BN3. The first-order valence-electron chi connectivity index (χ1n) is 19.0. The maximum absolute atomic E-state index is 2.61. The Morgan fingerprint density at radius 2 is 0.906 bits per heavy atom. The van der Waals surface area contributed by atoms with Crippen molar-refractivity contribution in [1.82, 2.24) is 9.13 Å². The van der Waals surface area contributed by atoms with Gasteiger partial charge in [-0.3, -0.25) is 0 Å². The van der Waals surface area contributed by atoms with Crippen LogP contribution in [0.1, 0.15) is 47.2 Å². The fraction of sp³-hybridized carbons (Fsp3) is 0.143. The van der Waals surface area contributed by atoms with Crippen LogP contribution in [0.25, 0.3) is 55.0 Å². The zero-order valence-corrected chi connectivity index (χ0v) is 31.0. The van der Waals surface area contributed by atoms with Crippen LogP contribution < -0.4 is 21.3 Å². The van der Waals surface area contributed by atoms with E-state index in [1.165, 1.54) is 122 Å². The number of benzene rings is 7. The van der Waals surface area contributed by atoms with Crippen LogP contribution in [0.2, 0.25) is 0 Å². The van der Waals surface area contributed by atoms with Gasteiger partial charge in [-0.25, -0.2) is 0 Å². The summed E-state index contributed by atoms with van der Waals surface area (Å²) in [6, 6.07) is 46.9. The van der Waals surface area contributed by atoms with Crippen LogP contribution in [0.3, 0.4) is 0 Å². The zero-order chi connectivity index (χ0) is 35.7. The minimum atomic E-state index is -0.133. The summed E-state index contributed by atoms with van der Waals surface area (Å²) < 4.78 is 5.22. The lowest BCUT2D eigenvalue weighted by molar-refractivity contribution is 0.632. The predicted octanol–water partition coefficient (Wildman–Crippen LogP) is 10.4. The molecule has 252 valence electrons. The van der Waals surface area contributed by atoms with Gasteiger partial charge in [-0.15, -0.1) is 0 Å². The molecule has 3 aliphatic rings. The normalized spacial score (nSPS) is 14.7. The second-order valence-electron chi connectivity index (χ2n) is 16.5. The van der Waals surface area contributed by atoms with Crippen LogP contribution in [0, 0.1) is 27.7 Å². The van der Waals surface area contributed by atoms with Crippen molar-refractivity contribution in [2.45, 2.75) is 47.0 Å². The lowest BCUT2D eigenvalue weighted by atomic mass is 9.34. The molecule has 5 heterocycles. The van der Waals surface area contributed by atoms with Crippen molar-refractivity contribution < 1.29 is 0 Å². The molecule has 12 rings (SSSR count). The van der Waals surface area contributed by atoms with Crippen molar-refractivity contribution in [1.29, 1.82) is 0 Å². The standard InChI is InChI=1S/C49H38BN3/c1-27-15-17-40-32(19-27)34-21-29(3)23-38-47(34)52(40)44-25-31(51-42-13-9-7-11-36(42)49(5,6)37-12-8-10-14-43(37)51)26-45-46(44)50(38)39-24-30(4)22-35-33-20-28(2)16-18-41(33)53(45)48(35)39/h7-26H,1-6H3. The molecule has 0 unspecified atom stereocenters. The molecule has 0 spiro atoms. The summed E-state index contributed by atoms with van der Waals surface area (Å²) in [4.78, 5) is 2.54. The number of fused-ring (bicyclic) bond motifs is 12. The monoisotopic (exact) mass is 679 g/mol. The Hall–Kier alpha value is -6.00. The molecule has 3 nitrogen and oxygen atoms in total. The smallest absolute Gasteiger partial charge is 0.252 e. The number of hydrogen-bond acceptors (Lipinski definition) is 1. The van der Waals surface area contributed by atoms with Gasteiger partial charge in [0.2, 0.25) is 0 Å². The van der Waals surface area contributed by atoms with E-state index in [4.69, 9.17) is 0 Å². The van der Waals surface area contributed by atoms with Gasteiger partial charge in [-0.2, -0.15) is 0 Å². The summed E-state index contributed by atoms with van der Waals surface area (Å²) >= 11 is 0. The summed E-state index contributed by atoms with van der Waals surface area (Å²) in [6.07, 6.45) is 0. The summed E-state index contributed by atoms with van der Waals surface area (Å²) in [5, 5.41) is 5.34. The molecule has 0 saturated heterocycles. The number of para-hydroxylation sites is 2. The fourth-order valence-corrected chi connectivity index (χ4v) is 10.7. The highest BCUT2D eigenvalue weighted by molar-refractivity contribution is 7.00. The van der Waals surface area contributed by atoms with Gasteiger partial charge < -0.3 is 14.0 Å². The van der Waals surface area contributed by atoms with Crippen LogP contribution >= 0.6 is 0 Å². The third kappa shape index (κ3) is 3.57. The molecule has 0 amide bonds. The summed E-state index contributed by atoms with van der Waals surface area (Å²) in [6.45, 7) is 13.8. The van der Waals surface area contributed by atoms with E-state index in [-0.39, 0.29) is 12.1 Å². The van der Waals surface area contributed by atoms with E-state index in [1.54, 1.807) is 0 Å². The largest absolute Gasteiger partial charge is 0.310 e. The van der Waals surface area contributed by atoms with Crippen LogP contribution in [0.4, 0.5) is 17.1 Å². The van der Waals surface area contributed by atoms with Crippen molar-refractivity contribution >= 4 is 83.8 Å². The lowest BCUT2D eigenvalue weighted by Crippen LogP contribution is -2.59. The molecule has 0 aliphatic carbocycles. The highest BCUT2D eigenvalue weighted by atomic mass is 15.2. The molecule has 7 aromatic carbocycles. The van der Waals surface area contributed by atoms with Crippen molar-refractivity contribution in [2.24, 2.45) is 0 Å². The van der Waals surface area contributed by atoms with Gasteiger partial charge >= 0.3 is 0 Å². The average molecular weight is 680 g/mol. The number of aryl methyl sites for hydroxylation is 4. The van der Waals surface area contributed by atoms with Gasteiger partial charge in [0.15, 0.2) is 0 Å². The van der Waals surface area contributed by atoms with E-state index in [0.717, 1.165) is 0 Å². The molecule has 4 heteroatoms. The third-order valence-corrected chi connectivity index (χ3v) is 12.8.